The zero-order valence-corrected chi connectivity index (χ0v) is 14.3. The van der Waals surface area contributed by atoms with Crippen LogP contribution < -0.4 is 9.47 Å². The van der Waals surface area contributed by atoms with Crippen molar-refractivity contribution in [1.82, 2.24) is 0 Å². The first-order valence-electron chi connectivity index (χ1n) is 6.58. The lowest BCUT2D eigenvalue weighted by Crippen LogP contribution is -1.99. The molecule has 0 aliphatic carbocycles. The number of hydrogen-bond donors (Lipinski definition) is 0. The number of ether oxygens (including phenoxy) is 2. The van der Waals surface area contributed by atoms with Crippen LogP contribution in [0.5, 0.6) is 11.5 Å². The van der Waals surface area contributed by atoms with E-state index in [4.69, 9.17) is 9.47 Å². The maximum Gasteiger partial charge on any atom is 0.129 e. The fourth-order valence-corrected chi connectivity index (χ4v) is 3.27. The van der Waals surface area contributed by atoms with Gasteiger partial charge in [-0.1, -0.05) is 31.9 Å². The first-order valence-corrected chi connectivity index (χ1v) is 8.49. The Morgan fingerprint density at radius 2 is 2.05 bits per heavy atom. The lowest BCUT2D eigenvalue weighted by molar-refractivity contribution is 0.290. The molecule has 0 bridgehead atoms. The van der Waals surface area contributed by atoms with E-state index in [0.717, 1.165) is 27.8 Å². The summed E-state index contributed by atoms with van der Waals surface area (Å²) < 4.78 is 25.9. The van der Waals surface area contributed by atoms with Gasteiger partial charge in [0.25, 0.3) is 0 Å². The molecular formula is C16H13Br2FO2. The average molecular weight is 416 g/mol. The molecule has 0 saturated heterocycles. The van der Waals surface area contributed by atoms with Gasteiger partial charge in [0.2, 0.25) is 0 Å². The van der Waals surface area contributed by atoms with Crippen LogP contribution in [-0.4, -0.2) is 6.61 Å². The molecule has 0 N–H and O–H groups in total. The third-order valence-corrected chi connectivity index (χ3v) is 4.41. The number of hydrogen-bond acceptors (Lipinski definition) is 2. The molecule has 0 amide bonds. The minimum atomic E-state index is -0.294. The molecule has 1 aliphatic rings. The van der Waals surface area contributed by atoms with Gasteiger partial charge in [0.1, 0.15) is 23.9 Å². The fourth-order valence-electron chi connectivity index (χ4n) is 2.40. The minimum Gasteiger partial charge on any atom is -0.493 e. The molecule has 0 radical (unpaired) electrons. The van der Waals surface area contributed by atoms with E-state index in [2.05, 4.69) is 37.9 Å². The van der Waals surface area contributed by atoms with Crippen molar-refractivity contribution >= 4 is 31.9 Å². The molecular weight excluding hydrogens is 403 g/mol. The van der Waals surface area contributed by atoms with Crippen molar-refractivity contribution in [2.75, 3.05) is 6.61 Å². The highest BCUT2D eigenvalue weighted by Gasteiger charge is 2.17. The van der Waals surface area contributed by atoms with Gasteiger partial charge in [0.05, 0.1) is 6.61 Å². The van der Waals surface area contributed by atoms with Crippen molar-refractivity contribution in [2.24, 2.45) is 0 Å². The van der Waals surface area contributed by atoms with Crippen LogP contribution in [0.4, 0.5) is 4.39 Å². The van der Waals surface area contributed by atoms with E-state index in [1.165, 1.54) is 17.7 Å². The summed E-state index contributed by atoms with van der Waals surface area (Å²) in [6, 6.07) is 8.76. The van der Waals surface area contributed by atoms with E-state index in [9.17, 15) is 4.39 Å². The molecule has 1 aliphatic heterocycles. The lowest BCUT2D eigenvalue weighted by Gasteiger charge is -2.11. The molecule has 1 heterocycles. The summed E-state index contributed by atoms with van der Waals surface area (Å²) in [5, 5.41) is 0.594. The summed E-state index contributed by atoms with van der Waals surface area (Å²) in [6.45, 7) is 1.05. The zero-order valence-electron chi connectivity index (χ0n) is 11.2. The monoisotopic (exact) mass is 414 g/mol. The molecule has 110 valence electrons. The van der Waals surface area contributed by atoms with Gasteiger partial charge >= 0.3 is 0 Å². The Balaban J connectivity index is 1.81. The molecule has 2 aromatic rings. The number of halogens is 3. The van der Waals surface area contributed by atoms with Crippen LogP contribution in [0.15, 0.2) is 34.8 Å². The highest BCUT2D eigenvalue weighted by atomic mass is 79.9. The Hall–Kier alpha value is -1.07. The topological polar surface area (TPSA) is 18.5 Å². The Bertz CT molecular complexity index is 674. The summed E-state index contributed by atoms with van der Waals surface area (Å²) >= 11 is 6.82. The Morgan fingerprint density at radius 1 is 1.19 bits per heavy atom. The molecule has 21 heavy (non-hydrogen) atoms. The lowest BCUT2D eigenvalue weighted by atomic mass is 10.1. The molecule has 0 saturated carbocycles. The van der Waals surface area contributed by atoms with Crippen LogP contribution in [0.25, 0.3) is 0 Å². The minimum absolute atomic E-state index is 0.294. The third kappa shape index (κ3) is 3.40. The highest BCUT2D eigenvalue weighted by Crippen LogP contribution is 2.33. The van der Waals surface area contributed by atoms with Gasteiger partial charge in [0.15, 0.2) is 0 Å². The van der Waals surface area contributed by atoms with Crippen molar-refractivity contribution in [1.29, 1.82) is 0 Å². The van der Waals surface area contributed by atoms with Crippen LogP contribution in [0.1, 0.15) is 16.7 Å². The van der Waals surface area contributed by atoms with E-state index in [1.807, 2.05) is 12.1 Å². The van der Waals surface area contributed by atoms with Gasteiger partial charge in [-0.2, -0.15) is 0 Å². The summed E-state index contributed by atoms with van der Waals surface area (Å²) in [7, 11) is 0. The molecule has 0 spiro atoms. The standard InChI is InChI=1S/C16H13Br2FO2/c17-8-10-3-14(19)7-15(4-10)21-9-12-6-13(18)5-11-1-2-20-16(11)12/h3-7H,1-2,8-9H2. The van der Waals surface area contributed by atoms with Crippen molar-refractivity contribution in [3.63, 3.8) is 0 Å². The number of fused-ring (bicyclic) bond motifs is 1. The van der Waals surface area contributed by atoms with E-state index in [-0.39, 0.29) is 5.82 Å². The summed E-state index contributed by atoms with van der Waals surface area (Å²) in [6.07, 6.45) is 0.912. The Morgan fingerprint density at radius 3 is 2.86 bits per heavy atom. The summed E-state index contributed by atoms with van der Waals surface area (Å²) in [5.41, 5.74) is 3.01. The van der Waals surface area contributed by atoms with Gasteiger partial charge in [-0.05, 0) is 35.4 Å². The second-order valence-electron chi connectivity index (χ2n) is 4.87. The van der Waals surface area contributed by atoms with E-state index < -0.39 is 0 Å². The highest BCUT2D eigenvalue weighted by molar-refractivity contribution is 9.10. The van der Waals surface area contributed by atoms with Crippen molar-refractivity contribution in [3.05, 3.63) is 57.3 Å². The molecule has 2 nitrogen and oxygen atoms in total. The second kappa shape index (κ2) is 6.36. The Labute approximate surface area is 139 Å². The predicted molar refractivity (Wildman–Crippen MR) is 86.7 cm³/mol. The SMILES string of the molecule is Fc1cc(CBr)cc(OCc2cc(Br)cc3c2OCC3)c1. The maximum absolute atomic E-state index is 13.5. The van der Waals surface area contributed by atoms with Crippen LogP contribution >= 0.6 is 31.9 Å². The van der Waals surface area contributed by atoms with Crippen LogP contribution in [0.3, 0.4) is 0 Å². The van der Waals surface area contributed by atoms with Crippen molar-refractivity contribution in [2.45, 2.75) is 18.4 Å². The van der Waals surface area contributed by atoms with E-state index in [1.54, 1.807) is 0 Å². The van der Waals surface area contributed by atoms with Gasteiger partial charge < -0.3 is 9.47 Å². The Kier molecular flexibility index (Phi) is 4.50. The number of alkyl halides is 1. The van der Waals surface area contributed by atoms with Gasteiger partial charge in [0, 0.05) is 27.9 Å². The molecule has 0 unspecified atom stereocenters. The summed E-state index contributed by atoms with van der Waals surface area (Å²) in [4.78, 5) is 0. The van der Waals surface area contributed by atoms with Crippen LogP contribution in [0.2, 0.25) is 0 Å². The van der Waals surface area contributed by atoms with E-state index in [0.29, 0.717) is 24.3 Å². The van der Waals surface area contributed by atoms with Crippen LogP contribution in [0, 0.1) is 5.82 Å². The average Bonchev–Trinajstić information content (AvgIpc) is 2.92. The van der Waals surface area contributed by atoms with Gasteiger partial charge in [-0.3, -0.25) is 0 Å². The molecule has 0 fully saturated rings. The fraction of sp³-hybridized carbons (Fsp3) is 0.250. The van der Waals surface area contributed by atoms with Gasteiger partial charge in [-0.15, -0.1) is 0 Å². The molecule has 0 aromatic heterocycles. The van der Waals surface area contributed by atoms with E-state index >= 15 is 0 Å². The third-order valence-electron chi connectivity index (χ3n) is 3.31. The summed E-state index contributed by atoms with van der Waals surface area (Å²) in [5.74, 6) is 1.13. The molecule has 2 aromatic carbocycles. The largest absolute Gasteiger partial charge is 0.493 e. The first-order chi connectivity index (χ1) is 10.2. The molecule has 0 atom stereocenters. The van der Waals surface area contributed by atoms with Crippen LogP contribution in [-0.2, 0) is 18.4 Å². The van der Waals surface area contributed by atoms with Crippen molar-refractivity contribution < 1.29 is 13.9 Å². The zero-order chi connectivity index (χ0) is 14.8. The molecule has 3 rings (SSSR count). The maximum atomic E-state index is 13.5. The second-order valence-corrected chi connectivity index (χ2v) is 6.35. The predicted octanol–water partition coefficient (Wildman–Crippen LogP) is 5.00. The molecule has 5 heteroatoms. The first kappa shape index (κ1) is 14.9. The number of benzene rings is 2. The quantitative estimate of drug-likeness (QED) is 0.654. The van der Waals surface area contributed by atoms with Crippen molar-refractivity contribution in [3.8, 4) is 11.5 Å². The normalized spacial score (nSPS) is 12.9. The van der Waals surface area contributed by atoms with Gasteiger partial charge in [-0.25, -0.2) is 4.39 Å². The number of rotatable bonds is 4. The smallest absolute Gasteiger partial charge is 0.129 e.